The van der Waals surface area contributed by atoms with E-state index >= 15 is 0 Å². The molecule has 4 heteroatoms. The number of phenolic OH excluding ortho intramolecular Hbond substituents is 1. The van der Waals surface area contributed by atoms with Crippen molar-refractivity contribution in [3.63, 3.8) is 0 Å². The van der Waals surface area contributed by atoms with E-state index in [-0.39, 0.29) is 11.3 Å². The van der Waals surface area contributed by atoms with E-state index < -0.39 is 5.97 Å². The summed E-state index contributed by atoms with van der Waals surface area (Å²) in [6.45, 7) is 0. The predicted molar refractivity (Wildman–Crippen MR) is 59.1 cm³/mol. The Morgan fingerprint density at radius 2 is 2.00 bits per heavy atom. The van der Waals surface area contributed by atoms with Crippen molar-refractivity contribution in [3.05, 3.63) is 35.9 Å². The zero-order valence-corrected chi connectivity index (χ0v) is 8.60. The Bertz CT molecular complexity index is 560. The number of benzene rings is 2. The van der Waals surface area contributed by atoms with Gasteiger partial charge in [0.2, 0.25) is 0 Å². The average Bonchev–Trinajstić information content (AvgIpc) is 2.26. The first kappa shape index (κ1) is 10.3. The zero-order valence-electron chi connectivity index (χ0n) is 8.60. The van der Waals surface area contributed by atoms with Crippen LogP contribution in [-0.2, 0) is 0 Å². The highest BCUT2D eigenvalue weighted by molar-refractivity contribution is 5.97. The highest BCUT2D eigenvalue weighted by atomic mass is 16.5. The average molecular weight is 218 g/mol. The van der Waals surface area contributed by atoms with Crippen LogP contribution in [0.5, 0.6) is 11.5 Å². The first-order chi connectivity index (χ1) is 7.61. The number of hydrogen-bond donors (Lipinski definition) is 2. The molecule has 2 N–H and O–H groups in total. The van der Waals surface area contributed by atoms with Crippen LogP contribution in [-0.4, -0.2) is 23.3 Å². The molecule has 4 nitrogen and oxygen atoms in total. The molecule has 82 valence electrons. The third-order valence-corrected chi connectivity index (χ3v) is 2.37. The lowest BCUT2D eigenvalue weighted by molar-refractivity contribution is 0.0697. The van der Waals surface area contributed by atoms with Gasteiger partial charge in [-0.1, -0.05) is 0 Å². The van der Waals surface area contributed by atoms with Crippen LogP contribution in [0, 0.1) is 0 Å². The smallest absolute Gasteiger partial charge is 0.335 e. The Morgan fingerprint density at radius 1 is 1.25 bits per heavy atom. The van der Waals surface area contributed by atoms with Gasteiger partial charge in [0.1, 0.15) is 11.5 Å². The van der Waals surface area contributed by atoms with E-state index in [1.807, 2.05) is 0 Å². The SMILES string of the molecule is COc1cc(O)cc2cc(C(=O)O)ccc12. The fourth-order valence-corrected chi connectivity index (χ4v) is 1.62. The van der Waals surface area contributed by atoms with Crippen molar-refractivity contribution in [2.24, 2.45) is 0 Å². The minimum Gasteiger partial charge on any atom is -0.508 e. The van der Waals surface area contributed by atoms with E-state index in [2.05, 4.69) is 0 Å². The molecule has 2 rings (SSSR count). The largest absolute Gasteiger partial charge is 0.508 e. The van der Waals surface area contributed by atoms with Crippen molar-refractivity contribution in [3.8, 4) is 11.5 Å². The third-order valence-electron chi connectivity index (χ3n) is 2.37. The lowest BCUT2D eigenvalue weighted by Crippen LogP contribution is -1.95. The number of aromatic carboxylic acids is 1. The van der Waals surface area contributed by atoms with Gasteiger partial charge < -0.3 is 14.9 Å². The fourth-order valence-electron chi connectivity index (χ4n) is 1.62. The monoisotopic (exact) mass is 218 g/mol. The first-order valence-corrected chi connectivity index (χ1v) is 4.66. The Balaban J connectivity index is 2.74. The second kappa shape index (κ2) is 3.73. The second-order valence-electron chi connectivity index (χ2n) is 3.39. The van der Waals surface area contributed by atoms with Crippen molar-refractivity contribution in [1.82, 2.24) is 0 Å². The van der Waals surface area contributed by atoms with Crippen molar-refractivity contribution in [2.45, 2.75) is 0 Å². The topological polar surface area (TPSA) is 66.8 Å². The molecule has 2 aromatic carbocycles. The molecule has 0 atom stereocenters. The highest BCUT2D eigenvalue weighted by Gasteiger charge is 2.08. The summed E-state index contributed by atoms with van der Waals surface area (Å²) in [5, 5.41) is 19.7. The highest BCUT2D eigenvalue weighted by Crippen LogP contribution is 2.31. The molecule has 0 fully saturated rings. The lowest BCUT2D eigenvalue weighted by atomic mass is 10.1. The molecule has 16 heavy (non-hydrogen) atoms. The van der Waals surface area contributed by atoms with E-state index in [1.165, 1.54) is 31.4 Å². The normalized spacial score (nSPS) is 10.3. The van der Waals surface area contributed by atoms with E-state index in [0.29, 0.717) is 11.1 Å². The van der Waals surface area contributed by atoms with E-state index in [9.17, 15) is 9.90 Å². The van der Waals surface area contributed by atoms with Gasteiger partial charge in [-0.05, 0) is 29.7 Å². The molecule has 0 aliphatic carbocycles. The standard InChI is InChI=1S/C12H10O4/c1-16-11-6-9(13)5-8-4-7(12(14)15)2-3-10(8)11/h2-6,13H,1H3,(H,14,15). The molecule has 2 aromatic rings. The van der Waals surface area contributed by atoms with Gasteiger partial charge in [0.15, 0.2) is 0 Å². The van der Waals surface area contributed by atoms with Crippen molar-refractivity contribution in [1.29, 1.82) is 0 Å². The molecule has 0 unspecified atom stereocenters. The van der Waals surface area contributed by atoms with Crippen LogP contribution in [0.4, 0.5) is 0 Å². The number of ether oxygens (including phenoxy) is 1. The van der Waals surface area contributed by atoms with Crippen LogP contribution >= 0.6 is 0 Å². The summed E-state index contributed by atoms with van der Waals surface area (Å²) in [5.74, 6) is -0.428. The minimum absolute atomic E-state index is 0.0480. The van der Waals surface area contributed by atoms with Gasteiger partial charge in [-0.2, -0.15) is 0 Å². The maximum absolute atomic E-state index is 10.8. The molecule has 0 spiro atoms. The number of methoxy groups -OCH3 is 1. The summed E-state index contributed by atoms with van der Waals surface area (Å²) in [6.07, 6.45) is 0. The Hall–Kier alpha value is -2.23. The van der Waals surface area contributed by atoms with Gasteiger partial charge in [-0.25, -0.2) is 4.79 Å². The van der Waals surface area contributed by atoms with Crippen LogP contribution in [0.1, 0.15) is 10.4 Å². The first-order valence-electron chi connectivity index (χ1n) is 4.66. The zero-order chi connectivity index (χ0) is 11.7. The Morgan fingerprint density at radius 3 is 2.62 bits per heavy atom. The lowest BCUT2D eigenvalue weighted by Gasteiger charge is -2.07. The van der Waals surface area contributed by atoms with Crippen molar-refractivity contribution < 1.29 is 19.7 Å². The minimum atomic E-state index is -0.996. The molecule has 0 aliphatic rings. The van der Waals surface area contributed by atoms with Crippen molar-refractivity contribution >= 4 is 16.7 Å². The number of phenols is 1. The molecule has 0 radical (unpaired) electrons. The van der Waals surface area contributed by atoms with Gasteiger partial charge in [0.05, 0.1) is 12.7 Å². The van der Waals surface area contributed by atoms with Gasteiger partial charge >= 0.3 is 5.97 Å². The molecule has 0 bridgehead atoms. The Labute approximate surface area is 91.7 Å². The van der Waals surface area contributed by atoms with Gasteiger partial charge in [-0.3, -0.25) is 0 Å². The van der Waals surface area contributed by atoms with Crippen LogP contribution < -0.4 is 4.74 Å². The molecule has 0 aromatic heterocycles. The number of carbonyl (C=O) groups is 1. The summed E-state index contributed by atoms with van der Waals surface area (Å²) in [5.41, 5.74) is 0.181. The summed E-state index contributed by atoms with van der Waals surface area (Å²) >= 11 is 0. The van der Waals surface area contributed by atoms with Gasteiger partial charge in [-0.15, -0.1) is 0 Å². The number of aromatic hydroxyl groups is 1. The summed E-state index contributed by atoms with van der Waals surface area (Å²) in [4.78, 5) is 10.8. The molecule has 0 amide bonds. The van der Waals surface area contributed by atoms with Crippen LogP contribution in [0.25, 0.3) is 10.8 Å². The summed E-state index contributed by atoms with van der Waals surface area (Å²) in [6, 6.07) is 7.66. The Kier molecular flexibility index (Phi) is 2.40. The molecular weight excluding hydrogens is 208 g/mol. The van der Waals surface area contributed by atoms with Crippen LogP contribution in [0.3, 0.4) is 0 Å². The quantitative estimate of drug-likeness (QED) is 0.811. The maximum Gasteiger partial charge on any atom is 0.335 e. The van der Waals surface area contributed by atoms with E-state index in [0.717, 1.165) is 5.39 Å². The number of hydrogen-bond acceptors (Lipinski definition) is 3. The fraction of sp³-hybridized carbons (Fsp3) is 0.0833. The van der Waals surface area contributed by atoms with Gasteiger partial charge in [0.25, 0.3) is 0 Å². The van der Waals surface area contributed by atoms with Crippen molar-refractivity contribution in [2.75, 3.05) is 7.11 Å². The number of fused-ring (bicyclic) bond motifs is 1. The molecule has 0 aliphatic heterocycles. The second-order valence-corrected chi connectivity index (χ2v) is 3.39. The number of rotatable bonds is 2. The molecule has 0 heterocycles. The van der Waals surface area contributed by atoms with Crippen LogP contribution in [0.2, 0.25) is 0 Å². The maximum atomic E-state index is 10.8. The van der Waals surface area contributed by atoms with Gasteiger partial charge in [0, 0.05) is 11.5 Å². The number of carboxylic acids is 1. The molecule has 0 saturated carbocycles. The van der Waals surface area contributed by atoms with Crippen LogP contribution in [0.15, 0.2) is 30.3 Å². The molecular formula is C12H10O4. The van der Waals surface area contributed by atoms with E-state index in [4.69, 9.17) is 9.84 Å². The summed E-state index contributed by atoms with van der Waals surface area (Å²) in [7, 11) is 1.50. The third kappa shape index (κ3) is 1.65. The molecule has 0 saturated heterocycles. The summed E-state index contributed by atoms with van der Waals surface area (Å²) < 4.78 is 5.10. The predicted octanol–water partition coefficient (Wildman–Crippen LogP) is 2.25. The number of carboxylic acid groups (broad SMARTS) is 1. The van der Waals surface area contributed by atoms with E-state index in [1.54, 1.807) is 6.07 Å².